The molecule has 0 amide bonds. The van der Waals surface area contributed by atoms with Crippen LogP contribution < -0.4 is 0 Å². The van der Waals surface area contributed by atoms with Crippen LogP contribution in [0.1, 0.15) is 69.4 Å². The quantitative estimate of drug-likeness (QED) is 0.403. The molecule has 0 spiro atoms. The molecule has 23 heavy (non-hydrogen) atoms. The highest BCUT2D eigenvalue weighted by molar-refractivity contribution is 5.63. The van der Waals surface area contributed by atoms with Gasteiger partial charge in [0.15, 0.2) is 0 Å². The van der Waals surface area contributed by atoms with Crippen molar-refractivity contribution in [2.24, 2.45) is 0 Å². The Kier molecular flexibility index (Phi) is 7.93. The van der Waals surface area contributed by atoms with Crippen molar-refractivity contribution in [2.75, 3.05) is 0 Å². The Labute approximate surface area is 143 Å². The van der Waals surface area contributed by atoms with Crippen LogP contribution in [0, 0.1) is 6.92 Å². The van der Waals surface area contributed by atoms with Gasteiger partial charge < -0.3 is 0 Å². The molecule has 0 fully saturated rings. The number of rotatable bonds is 10. The van der Waals surface area contributed by atoms with Gasteiger partial charge in [0.1, 0.15) is 0 Å². The van der Waals surface area contributed by atoms with Gasteiger partial charge >= 0.3 is 0 Å². The van der Waals surface area contributed by atoms with Gasteiger partial charge in [-0.25, -0.2) is 0 Å². The van der Waals surface area contributed by atoms with Gasteiger partial charge in [0, 0.05) is 0 Å². The largest absolute Gasteiger partial charge is 0.0654 e. The summed E-state index contributed by atoms with van der Waals surface area (Å²) in [5, 5.41) is 0. The summed E-state index contributed by atoms with van der Waals surface area (Å²) in [4.78, 5) is 0. The Hall–Kier alpha value is -1.56. The number of unbranched alkanes of at least 4 members (excludes halogenated alkanes) is 7. The monoisotopic (exact) mass is 308 g/mol. The fourth-order valence-corrected chi connectivity index (χ4v) is 3.07. The molecule has 0 N–H and O–H groups in total. The van der Waals surface area contributed by atoms with E-state index in [0.717, 1.165) is 0 Å². The van der Waals surface area contributed by atoms with Crippen molar-refractivity contribution in [3.8, 4) is 11.1 Å². The van der Waals surface area contributed by atoms with E-state index in [0.29, 0.717) is 0 Å². The second kappa shape index (κ2) is 10.3. The zero-order valence-electron chi connectivity index (χ0n) is 15.0. The lowest BCUT2D eigenvalue weighted by Crippen LogP contribution is -1.87. The molecular formula is C23H32. The summed E-state index contributed by atoms with van der Waals surface area (Å²) in [6.07, 6.45) is 12.4. The fraction of sp³-hybridized carbons (Fsp3) is 0.478. The van der Waals surface area contributed by atoms with Crippen molar-refractivity contribution in [2.45, 2.75) is 71.6 Å². The van der Waals surface area contributed by atoms with Crippen molar-refractivity contribution in [1.29, 1.82) is 0 Å². The summed E-state index contributed by atoms with van der Waals surface area (Å²) in [7, 11) is 0. The van der Waals surface area contributed by atoms with Gasteiger partial charge in [-0.2, -0.15) is 0 Å². The SMILES string of the molecule is CCCCCCCCCCc1ccc(-c2ccc(C)cc2)cc1. The maximum Gasteiger partial charge on any atom is -0.0184 e. The standard InChI is InChI=1S/C23H32/c1-3-4-5-6-7-8-9-10-11-21-14-18-23(19-15-21)22-16-12-20(2)13-17-22/h12-19H,3-11H2,1-2H3. The maximum atomic E-state index is 2.30. The summed E-state index contributed by atoms with van der Waals surface area (Å²) in [5.41, 5.74) is 5.44. The van der Waals surface area contributed by atoms with Crippen molar-refractivity contribution >= 4 is 0 Å². The number of hydrogen-bond donors (Lipinski definition) is 0. The predicted molar refractivity (Wildman–Crippen MR) is 103 cm³/mol. The zero-order chi connectivity index (χ0) is 16.3. The number of aryl methyl sites for hydroxylation is 2. The normalized spacial score (nSPS) is 10.9. The molecular weight excluding hydrogens is 276 g/mol. The Morgan fingerprint density at radius 1 is 0.565 bits per heavy atom. The minimum absolute atomic E-state index is 1.23. The third-order valence-electron chi connectivity index (χ3n) is 4.66. The third-order valence-corrected chi connectivity index (χ3v) is 4.66. The fourth-order valence-electron chi connectivity index (χ4n) is 3.07. The summed E-state index contributed by atoms with van der Waals surface area (Å²) in [5.74, 6) is 0. The Morgan fingerprint density at radius 2 is 1.04 bits per heavy atom. The van der Waals surface area contributed by atoms with Gasteiger partial charge in [-0.3, -0.25) is 0 Å². The number of benzene rings is 2. The van der Waals surface area contributed by atoms with E-state index < -0.39 is 0 Å². The van der Waals surface area contributed by atoms with Gasteiger partial charge in [-0.1, -0.05) is 106 Å². The molecule has 0 saturated heterocycles. The second-order valence-corrected chi connectivity index (χ2v) is 6.79. The van der Waals surface area contributed by atoms with Crippen molar-refractivity contribution in [3.63, 3.8) is 0 Å². The predicted octanol–water partition coefficient (Wildman–Crippen LogP) is 7.35. The second-order valence-electron chi connectivity index (χ2n) is 6.79. The van der Waals surface area contributed by atoms with Gasteiger partial charge in [-0.15, -0.1) is 0 Å². The molecule has 0 radical (unpaired) electrons. The first-order valence-electron chi connectivity index (χ1n) is 9.45. The average Bonchev–Trinajstić information content (AvgIpc) is 2.59. The zero-order valence-corrected chi connectivity index (χ0v) is 15.0. The van der Waals surface area contributed by atoms with Crippen LogP contribution in [0.15, 0.2) is 48.5 Å². The lowest BCUT2D eigenvalue weighted by molar-refractivity contribution is 0.575. The first-order valence-corrected chi connectivity index (χ1v) is 9.45. The average molecular weight is 309 g/mol. The van der Waals surface area contributed by atoms with Crippen LogP contribution in [0.2, 0.25) is 0 Å². The van der Waals surface area contributed by atoms with Crippen molar-refractivity contribution in [1.82, 2.24) is 0 Å². The lowest BCUT2D eigenvalue weighted by atomic mass is 10.00. The highest BCUT2D eigenvalue weighted by Crippen LogP contribution is 2.21. The van der Waals surface area contributed by atoms with Crippen LogP contribution in [0.3, 0.4) is 0 Å². The van der Waals surface area contributed by atoms with Crippen molar-refractivity contribution in [3.05, 3.63) is 59.7 Å². The molecule has 0 aliphatic heterocycles. The van der Waals surface area contributed by atoms with E-state index in [1.165, 1.54) is 80.0 Å². The summed E-state index contributed by atoms with van der Waals surface area (Å²) >= 11 is 0. The highest BCUT2D eigenvalue weighted by atomic mass is 14.0. The molecule has 0 heteroatoms. The molecule has 0 heterocycles. The molecule has 0 bridgehead atoms. The molecule has 124 valence electrons. The van der Waals surface area contributed by atoms with Crippen LogP contribution in [-0.2, 0) is 6.42 Å². The van der Waals surface area contributed by atoms with Gasteiger partial charge in [0.2, 0.25) is 0 Å². The minimum Gasteiger partial charge on any atom is -0.0654 e. The molecule has 2 aromatic rings. The molecule has 0 atom stereocenters. The lowest BCUT2D eigenvalue weighted by Gasteiger charge is -2.06. The minimum atomic E-state index is 1.23. The first-order chi connectivity index (χ1) is 11.3. The van der Waals surface area contributed by atoms with Crippen LogP contribution >= 0.6 is 0 Å². The summed E-state index contributed by atoms with van der Waals surface area (Å²) in [6, 6.07) is 17.9. The Morgan fingerprint density at radius 3 is 1.61 bits per heavy atom. The van der Waals surface area contributed by atoms with E-state index in [2.05, 4.69) is 62.4 Å². The van der Waals surface area contributed by atoms with E-state index in [4.69, 9.17) is 0 Å². The molecule has 0 aliphatic rings. The van der Waals surface area contributed by atoms with Gasteiger partial charge in [0.05, 0.1) is 0 Å². The van der Waals surface area contributed by atoms with Crippen LogP contribution in [0.4, 0.5) is 0 Å². The van der Waals surface area contributed by atoms with Crippen molar-refractivity contribution < 1.29 is 0 Å². The summed E-state index contributed by atoms with van der Waals surface area (Å²) in [6.45, 7) is 4.42. The van der Waals surface area contributed by atoms with E-state index in [1.807, 2.05) is 0 Å². The summed E-state index contributed by atoms with van der Waals surface area (Å²) < 4.78 is 0. The first kappa shape index (κ1) is 17.8. The molecule has 2 rings (SSSR count). The molecule has 0 nitrogen and oxygen atoms in total. The maximum absolute atomic E-state index is 2.30. The van der Waals surface area contributed by atoms with Gasteiger partial charge in [0.25, 0.3) is 0 Å². The van der Waals surface area contributed by atoms with E-state index in [1.54, 1.807) is 0 Å². The Balaban J connectivity index is 1.68. The van der Waals surface area contributed by atoms with Crippen LogP contribution in [-0.4, -0.2) is 0 Å². The third kappa shape index (κ3) is 6.60. The topological polar surface area (TPSA) is 0 Å². The molecule has 0 aromatic heterocycles. The molecule has 0 saturated carbocycles. The highest BCUT2D eigenvalue weighted by Gasteiger charge is 1.99. The van der Waals surface area contributed by atoms with E-state index in [-0.39, 0.29) is 0 Å². The molecule has 2 aromatic carbocycles. The van der Waals surface area contributed by atoms with Crippen LogP contribution in [0.25, 0.3) is 11.1 Å². The molecule has 0 aliphatic carbocycles. The van der Waals surface area contributed by atoms with Crippen LogP contribution in [0.5, 0.6) is 0 Å². The molecule has 0 unspecified atom stereocenters. The number of hydrogen-bond acceptors (Lipinski definition) is 0. The van der Waals surface area contributed by atoms with Gasteiger partial charge in [-0.05, 0) is 36.5 Å². The Bertz CT molecular complexity index is 533. The van der Waals surface area contributed by atoms with E-state index >= 15 is 0 Å². The van der Waals surface area contributed by atoms with E-state index in [9.17, 15) is 0 Å². The smallest absolute Gasteiger partial charge is 0.0184 e.